The summed E-state index contributed by atoms with van der Waals surface area (Å²) in [6.45, 7) is 8.65. The first-order chi connectivity index (χ1) is 6.90. The molecule has 4 heteroatoms. The molecular weight excluding hydrogens is 192 g/mol. The predicted molar refractivity (Wildman–Crippen MR) is 56.6 cm³/mol. The monoisotopic (exact) mass is 213 g/mol. The Kier molecular flexibility index (Phi) is 2.41. The maximum Gasteiger partial charge on any atom is 0.410 e. The summed E-state index contributed by atoms with van der Waals surface area (Å²) in [5, 5.41) is 2.36. The topological polar surface area (TPSA) is 46.1 Å². The Bertz CT molecular complexity index is 266. The van der Waals surface area contributed by atoms with Gasteiger partial charge in [-0.1, -0.05) is 0 Å². The Hall–Kier alpha value is -0.770. The van der Waals surface area contributed by atoms with Crippen LogP contribution >= 0.6 is 0 Å². The molecule has 86 valence electrons. The van der Waals surface area contributed by atoms with E-state index in [0.29, 0.717) is 5.54 Å². The van der Waals surface area contributed by atoms with E-state index in [9.17, 15) is 4.79 Å². The molecule has 2 aliphatic rings. The van der Waals surface area contributed by atoms with E-state index in [4.69, 9.17) is 4.74 Å². The molecular formula is C11H21N2O2+. The standard InChI is InChI=1S/C11H20N2O2/c1-10(2,3)15-9(14)13-7-5-11(8-13)4-6-12-11/h12H,4-8H2,1-3H3/p+1/t11-/m1/s1. The summed E-state index contributed by atoms with van der Waals surface area (Å²) in [5.41, 5.74) is -0.0347. The second-order valence-corrected chi connectivity index (χ2v) is 5.76. The van der Waals surface area contributed by atoms with Gasteiger partial charge in [0.15, 0.2) is 0 Å². The SMILES string of the molecule is CC(C)(C)OC(=O)N1CC[C@]2(CC[NH2+]2)C1. The third kappa shape index (κ3) is 2.25. The summed E-state index contributed by atoms with van der Waals surface area (Å²) < 4.78 is 5.36. The van der Waals surface area contributed by atoms with Crippen molar-refractivity contribution in [2.24, 2.45) is 0 Å². The van der Waals surface area contributed by atoms with Gasteiger partial charge in [-0.05, 0) is 20.8 Å². The van der Waals surface area contributed by atoms with Gasteiger partial charge in [0.25, 0.3) is 0 Å². The molecule has 0 bridgehead atoms. The van der Waals surface area contributed by atoms with E-state index >= 15 is 0 Å². The molecule has 2 heterocycles. The lowest BCUT2D eigenvalue weighted by Gasteiger charge is -2.35. The minimum atomic E-state index is -0.379. The van der Waals surface area contributed by atoms with Gasteiger partial charge in [0.2, 0.25) is 0 Å². The van der Waals surface area contributed by atoms with Crippen LogP contribution in [0.4, 0.5) is 4.79 Å². The van der Waals surface area contributed by atoms with E-state index in [2.05, 4.69) is 5.32 Å². The fraction of sp³-hybridized carbons (Fsp3) is 0.909. The molecule has 0 aromatic carbocycles. The van der Waals surface area contributed by atoms with Crippen molar-refractivity contribution >= 4 is 6.09 Å². The Morgan fingerprint density at radius 2 is 2.07 bits per heavy atom. The van der Waals surface area contributed by atoms with Crippen molar-refractivity contribution in [1.82, 2.24) is 4.90 Å². The van der Waals surface area contributed by atoms with Crippen LogP contribution in [-0.2, 0) is 4.74 Å². The molecule has 2 fully saturated rings. The average Bonchev–Trinajstić information content (AvgIpc) is 2.43. The average molecular weight is 213 g/mol. The molecule has 0 unspecified atom stereocenters. The van der Waals surface area contributed by atoms with Gasteiger partial charge in [0.05, 0.1) is 19.5 Å². The highest BCUT2D eigenvalue weighted by molar-refractivity contribution is 5.68. The molecule has 15 heavy (non-hydrogen) atoms. The first kappa shape index (κ1) is 10.7. The zero-order valence-corrected chi connectivity index (χ0v) is 9.88. The van der Waals surface area contributed by atoms with E-state index < -0.39 is 0 Å². The number of quaternary nitrogens is 1. The van der Waals surface area contributed by atoms with Gasteiger partial charge < -0.3 is 15.0 Å². The molecule has 2 rings (SSSR count). The molecule has 0 aromatic rings. The van der Waals surface area contributed by atoms with Gasteiger partial charge in [0.1, 0.15) is 11.1 Å². The lowest BCUT2D eigenvalue weighted by Crippen LogP contribution is -3.06. The van der Waals surface area contributed by atoms with Crippen molar-refractivity contribution < 1.29 is 14.8 Å². The number of rotatable bonds is 0. The first-order valence-electron chi connectivity index (χ1n) is 5.73. The van der Waals surface area contributed by atoms with Crippen molar-refractivity contribution in [3.05, 3.63) is 0 Å². The second-order valence-electron chi connectivity index (χ2n) is 5.76. The van der Waals surface area contributed by atoms with Crippen LogP contribution in [0.1, 0.15) is 33.6 Å². The number of nitrogens with zero attached hydrogens (tertiary/aromatic N) is 1. The molecule has 2 aliphatic heterocycles. The number of likely N-dealkylation sites (tertiary alicyclic amines) is 1. The number of hydrogen-bond donors (Lipinski definition) is 1. The van der Waals surface area contributed by atoms with Gasteiger partial charge in [-0.25, -0.2) is 4.79 Å². The highest BCUT2D eigenvalue weighted by atomic mass is 16.6. The number of carbonyl (C=O) groups excluding carboxylic acids is 1. The second kappa shape index (κ2) is 3.37. The maximum atomic E-state index is 11.8. The number of carbonyl (C=O) groups is 1. The summed E-state index contributed by atoms with van der Waals surface area (Å²) in [5.74, 6) is 0. The van der Waals surface area contributed by atoms with Gasteiger partial charge in [-0.15, -0.1) is 0 Å². The zero-order chi connectivity index (χ0) is 11.1. The first-order valence-corrected chi connectivity index (χ1v) is 5.73. The predicted octanol–water partition coefficient (Wildman–Crippen LogP) is 0.333. The third-order valence-corrected chi connectivity index (χ3v) is 3.26. The summed E-state index contributed by atoms with van der Waals surface area (Å²) in [6, 6.07) is 0. The van der Waals surface area contributed by atoms with E-state index in [0.717, 1.165) is 19.5 Å². The van der Waals surface area contributed by atoms with Crippen molar-refractivity contribution in [2.75, 3.05) is 19.6 Å². The molecule has 0 saturated carbocycles. The largest absolute Gasteiger partial charge is 0.444 e. The maximum absolute atomic E-state index is 11.8. The van der Waals surface area contributed by atoms with E-state index in [1.807, 2.05) is 25.7 Å². The molecule has 0 aliphatic carbocycles. The van der Waals surface area contributed by atoms with Crippen LogP contribution in [0.15, 0.2) is 0 Å². The summed E-state index contributed by atoms with van der Waals surface area (Å²) in [6.07, 6.45) is 2.21. The Morgan fingerprint density at radius 3 is 2.47 bits per heavy atom. The zero-order valence-electron chi connectivity index (χ0n) is 9.88. The number of hydrogen-bond acceptors (Lipinski definition) is 2. The Balaban J connectivity index is 1.88. The van der Waals surface area contributed by atoms with Crippen LogP contribution in [0.5, 0.6) is 0 Å². The van der Waals surface area contributed by atoms with Gasteiger partial charge in [-0.2, -0.15) is 0 Å². The van der Waals surface area contributed by atoms with Gasteiger partial charge >= 0.3 is 6.09 Å². The van der Waals surface area contributed by atoms with E-state index in [-0.39, 0.29) is 11.7 Å². The van der Waals surface area contributed by atoms with Crippen LogP contribution in [0, 0.1) is 0 Å². The van der Waals surface area contributed by atoms with E-state index in [1.54, 1.807) is 0 Å². The smallest absolute Gasteiger partial charge is 0.410 e. The summed E-state index contributed by atoms with van der Waals surface area (Å²) in [4.78, 5) is 13.6. The molecule has 4 nitrogen and oxygen atoms in total. The summed E-state index contributed by atoms with van der Waals surface area (Å²) >= 11 is 0. The fourth-order valence-corrected chi connectivity index (χ4v) is 2.30. The molecule has 0 aromatic heterocycles. The fourth-order valence-electron chi connectivity index (χ4n) is 2.30. The van der Waals surface area contributed by atoms with Crippen LogP contribution in [0.25, 0.3) is 0 Å². The number of nitrogens with two attached hydrogens (primary N) is 1. The lowest BCUT2D eigenvalue weighted by molar-refractivity contribution is -0.780. The van der Waals surface area contributed by atoms with Crippen molar-refractivity contribution in [2.45, 2.75) is 44.8 Å². The normalized spacial score (nSPS) is 30.5. The third-order valence-electron chi connectivity index (χ3n) is 3.26. The van der Waals surface area contributed by atoms with Crippen LogP contribution in [0.2, 0.25) is 0 Å². The molecule has 2 saturated heterocycles. The minimum Gasteiger partial charge on any atom is -0.444 e. The van der Waals surface area contributed by atoms with Gasteiger partial charge in [-0.3, -0.25) is 0 Å². The van der Waals surface area contributed by atoms with Crippen LogP contribution < -0.4 is 5.32 Å². The van der Waals surface area contributed by atoms with Crippen LogP contribution in [-0.4, -0.2) is 41.8 Å². The van der Waals surface area contributed by atoms with E-state index in [1.165, 1.54) is 13.0 Å². The number of ether oxygens (including phenoxy) is 1. The van der Waals surface area contributed by atoms with Gasteiger partial charge in [0, 0.05) is 13.0 Å². The Morgan fingerprint density at radius 1 is 1.40 bits per heavy atom. The quantitative estimate of drug-likeness (QED) is 0.630. The molecule has 0 radical (unpaired) electrons. The summed E-state index contributed by atoms with van der Waals surface area (Å²) in [7, 11) is 0. The molecule has 2 N–H and O–H groups in total. The van der Waals surface area contributed by atoms with Crippen molar-refractivity contribution in [1.29, 1.82) is 0 Å². The highest BCUT2D eigenvalue weighted by Gasteiger charge is 2.49. The van der Waals surface area contributed by atoms with Crippen molar-refractivity contribution in [3.63, 3.8) is 0 Å². The highest BCUT2D eigenvalue weighted by Crippen LogP contribution is 2.25. The minimum absolute atomic E-state index is 0.153. The van der Waals surface area contributed by atoms with Crippen molar-refractivity contribution in [3.8, 4) is 0 Å². The molecule has 1 spiro atoms. The molecule has 1 amide bonds. The lowest BCUT2D eigenvalue weighted by atomic mass is 9.87. The number of amides is 1. The van der Waals surface area contributed by atoms with Crippen LogP contribution in [0.3, 0.4) is 0 Å². The Labute approximate surface area is 91.0 Å². The molecule has 1 atom stereocenters.